The number of benzene rings is 1. The van der Waals surface area contributed by atoms with E-state index in [1.807, 2.05) is 6.92 Å². The summed E-state index contributed by atoms with van der Waals surface area (Å²) in [5.41, 5.74) is 0. The van der Waals surface area contributed by atoms with Crippen LogP contribution in [0.15, 0.2) is 33.9 Å². The summed E-state index contributed by atoms with van der Waals surface area (Å²) in [6.07, 6.45) is 1.51. The average Bonchev–Trinajstić information content (AvgIpc) is 3.32. The molecule has 29 heavy (non-hydrogen) atoms. The Hall–Kier alpha value is -3.08. The van der Waals surface area contributed by atoms with E-state index in [1.165, 1.54) is 11.8 Å². The van der Waals surface area contributed by atoms with Gasteiger partial charge in [-0.25, -0.2) is 0 Å². The van der Waals surface area contributed by atoms with Crippen molar-refractivity contribution in [3.8, 4) is 11.5 Å². The molecule has 0 unspecified atom stereocenters. The van der Waals surface area contributed by atoms with Crippen LogP contribution in [0, 0.1) is 0 Å². The van der Waals surface area contributed by atoms with Gasteiger partial charge in [-0.15, -0.1) is 10.2 Å². The summed E-state index contributed by atoms with van der Waals surface area (Å²) in [5, 5.41) is 21.7. The quantitative estimate of drug-likeness (QED) is 0.463. The highest BCUT2D eigenvalue weighted by Crippen LogP contribution is 2.22. The van der Waals surface area contributed by atoms with Gasteiger partial charge in [-0.1, -0.05) is 23.8 Å². The fraction of sp³-hybridized carbons (Fsp3) is 0.389. The number of aliphatic carboxylic acids is 1. The summed E-state index contributed by atoms with van der Waals surface area (Å²) < 4.78 is 17.6. The second kappa shape index (κ2) is 9.92. The number of carboxylic acids is 1. The Kier molecular flexibility index (Phi) is 7.06. The predicted molar refractivity (Wildman–Crippen MR) is 103 cm³/mol. The summed E-state index contributed by atoms with van der Waals surface area (Å²) in [4.78, 5) is 15.4. The fourth-order valence-corrected chi connectivity index (χ4v) is 3.28. The molecular formula is C18H21N5O5S. The predicted octanol–water partition coefficient (Wildman–Crippen LogP) is 2.58. The number of aryl methyl sites for hydroxylation is 1. The summed E-state index contributed by atoms with van der Waals surface area (Å²) >= 11 is 1.30. The molecule has 3 rings (SSSR count). The fourth-order valence-electron chi connectivity index (χ4n) is 2.48. The molecule has 0 saturated heterocycles. The largest absolute Gasteiger partial charge is 0.497 e. The normalized spacial score (nSPS) is 10.8. The highest BCUT2D eigenvalue weighted by atomic mass is 32.2. The Balaban J connectivity index is 1.56. The summed E-state index contributed by atoms with van der Waals surface area (Å²) in [6.45, 7) is 1.98. The second-order valence-corrected chi connectivity index (χ2v) is 6.93. The van der Waals surface area contributed by atoms with E-state index in [-0.39, 0.29) is 13.2 Å². The number of nitrogens with zero attached hydrogens (tertiary/aromatic N) is 5. The third-order valence-corrected chi connectivity index (χ3v) is 4.77. The van der Waals surface area contributed by atoms with Crippen molar-refractivity contribution in [2.75, 3.05) is 7.11 Å². The summed E-state index contributed by atoms with van der Waals surface area (Å²) in [6, 6.07) is 7.18. The molecule has 154 valence electrons. The Morgan fingerprint density at radius 3 is 2.69 bits per heavy atom. The van der Waals surface area contributed by atoms with Crippen molar-refractivity contribution in [1.29, 1.82) is 0 Å². The van der Waals surface area contributed by atoms with Crippen molar-refractivity contribution >= 4 is 17.7 Å². The number of aromatic nitrogens is 5. The summed E-state index contributed by atoms with van der Waals surface area (Å²) in [7, 11) is 1.60. The molecule has 0 bridgehead atoms. The summed E-state index contributed by atoms with van der Waals surface area (Å²) in [5.74, 6) is 2.27. The molecule has 0 aliphatic carbocycles. The van der Waals surface area contributed by atoms with Crippen molar-refractivity contribution in [2.24, 2.45) is 0 Å². The number of ether oxygens (including phenoxy) is 2. The van der Waals surface area contributed by atoms with Gasteiger partial charge in [0.15, 0.2) is 11.8 Å². The van der Waals surface area contributed by atoms with Crippen molar-refractivity contribution in [2.45, 2.75) is 43.8 Å². The van der Waals surface area contributed by atoms with Crippen LogP contribution in [0.4, 0.5) is 0 Å². The van der Waals surface area contributed by atoms with Crippen LogP contribution < -0.4 is 9.47 Å². The molecule has 2 aromatic heterocycles. The maximum Gasteiger partial charge on any atom is 0.323 e. The highest BCUT2D eigenvalue weighted by molar-refractivity contribution is 7.98. The molecule has 0 radical (unpaired) electrons. The molecular weight excluding hydrogens is 398 g/mol. The van der Waals surface area contributed by atoms with E-state index in [0.29, 0.717) is 40.6 Å². The lowest BCUT2D eigenvalue weighted by Crippen LogP contribution is -2.13. The van der Waals surface area contributed by atoms with Crippen molar-refractivity contribution in [3.05, 3.63) is 41.8 Å². The van der Waals surface area contributed by atoms with Crippen LogP contribution in [0.3, 0.4) is 0 Å². The van der Waals surface area contributed by atoms with Gasteiger partial charge in [-0.3, -0.25) is 9.36 Å². The molecule has 0 fully saturated rings. The van der Waals surface area contributed by atoms with E-state index in [0.717, 1.165) is 12.2 Å². The van der Waals surface area contributed by atoms with Gasteiger partial charge in [0.05, 0.1) is 12.9 Å². The van der Waals surface area contributed by atoms with E-state index in [2.05, 4.69) is 20.3 Å². The Labute approximate surface area is 171 Å². The average molecular weight is 419 g/mol. The molecule has 0 spiro atoms. The molecule has 0 aliphatic heterocycles. The number of thioether (sulfide) groups is 1. The first kappa shape index (κ1) is 20.6. The van der Waals surface area contributed by atoms with Gasteiger partial charge >= 0.3 is 5.97 Å². The molecule has 11 heteroatoms. The highest BCUT2D eigenvalue weighted by Gasteiger charge is 2.16. The molecule has 1 aromatic carbocycles. The minimum absolute atomic E-state index is 0.163. The van der Waals surface area contributed by atoms with E-state index in [1.54, 1.807) is 35.9 Å². The SMILES string of the molecule is CCCc1nnc(SCc2nc(COc3ccc(OC)cc3)no2)n1CC(=O)O. The molecule has 1 N–H and O–H groups in total. The standard InChI is InChI=1S/C18H21N5O5S/c1-3-4-15-20-21-18(23(15)9-17(24)25)29-11-16-19-14(22-28-16)10-27-13-7-5-12(26-2)6-8-13/h5-8H,3-4,9-11H2,1-2H3,(H,24,25). The van der Waals surface area contributed by atoms with Crippen LogP contribution in [-0.4, -0.2) is 43.1 Å². The Morgan fingerprint density at radius 1 is 1.24 bits per heavy atom. The first-order valence-corrected chi connectivity index (χ1v) is 9.92. The third-order valence-electron chi connectivity index (χ3n) is 3.82. The first-order valence-electron chi connectivity index (χ1n) is 8.94. The zero-order valence-electron chi connectivity index (χ0n) is 16.1. The van der Waals surface area contributed by atoms with E-state index in [9.17, 15) is 4.79 Å². The van der Waals surface area contributed by atoms with Crippen LogP contribution >= 0.6 is 11.8 Å². The van der Waals surface area contributed by atoms with Gasteiger partial charge < -0.3 is 19.1 Å². The molecule has 3 aromatic rings. The second-order valence-electron chi connectivity index (χ2n) is 5.99. The van der Waals surface area contributed by atoms with Crippen molar-refractivity contribution in [1.82, 2.24) is 24.9 Å². The van der Waals surface area contributed by atoms with E-state index < -0.39 is 5.97 Å². The number of carbonyl (C=O) groups is 1. The monoisotopic (exact) mass is 419 g/mol. The van der Waals surface area contributed by atoms with Gasteiger partial charge in [0.1, 0.15) is 23.9 Å². The van der Waals surface area contributed by atoms with Gasteiger partial charge in [0.25, 0.3) is 0 Å². The smallest absolute Gasteiger partial charge is 0.323 e. The van der Waals surface area contributed by atoms with Crippen LogP contribution in [0.5, 0.6) is 11.5 Å². The number of methoxy groups -OCH3 is 1. The van der Waals surface area contributed by atoms with Crippen LogP contribution in [-0.2, 0) is 30.1 Å². The Morgan fingerprint density at radius 2 is 2.00 bits per heavy atom. The lowest BCUT2D eigenvalue weighted by molar-refractivity contribution is -0.137. The minimum atomic E-state index is -0.945. The molecule has 0 aliphatic rings. The van der Waals surface area contributed by atoms with Gasteiger partial charge in [0.2, 0.25) is 11.7 Å². The molecule has 2 heterocycles. The molecule has 0 atom stereocenters. The lowest BCUT2D eigenvalue weighted by atomic mass is 10.3. The van der Waals surface area contributed by atoms with E-state index >= 15 is 0 Å². The minimum Gasteiger partial charge on any atom is -0.497 e. The maximum absolute atomic E-state index is 11.1. The van der Waals surface area contributed by atoms with Crippen LogP contribution in [0.1, 0.15) is 30.9 Å². The van der Waals surface area contributed by atoms with Crippen molar-refractivity contribution < 1.29 is 23.9 Å². The van der Waals surface area contributed by atoms with Gasteiger partial charge in [0, 0.05) is 6.42 Å². The van der Waals surface area contributed by atoms with Gasteiger partial charge in [-0.2, -0.15) is 4.98 Å². The molecule has 10 nitrogen and oxygen atoms in total. The maximum atomic E-state index is 11.1. The number of hydrogen-bond acceptors (Lipinski definition) is 9. The van der Waals surface area contributed by atoms with Crippen LogP contribution in [0.25, 0.3) is 0 Å². The van der Waals surface area contributed by atoms with Crippen molar-refractivity contribution in [3.63, 3.8) is 0 Å². The zero-order valence-corrected chi connectivity index (χ0v) is 16.9. The topological polar surface area (TPSA) is 125 Å². The number of rotatable bonds is 11. The van der Waals surface area contributed by atoms with Crippen LogP contribution in [0.2, 0.25) is 0 Å². The van der Waals surface area contributed by atoms with E-state index in [4.69, 9.17) is 19.1 Å². The number of carboxylic acid groups (broad SMARTS) is 1. The zero-order chi connectivity index (χ0) is 20.6. The molecule has 0 amide bonds. The third kappa shape index (κ3) is 5.70. The first-order chi connectivity index (χ1) is 14.1. The lowest BCUT2D eigenvalue weighted by Gasteiger charge is -2.05. The molecule has 0 saturated carbocycles. The van der Waals surface area contributed by atoms with Gasteiger partial charge in [-0.05, 0) is 30.7 Å². The number of hydrogen-bond donors (Lipinski definition) is 1. The Bertz CT molecular complexity index is 941.